The van der Waals surface area contributed by atoms with Gasteiger partial charge in [0.15, 0.2) is 6.10 Å². The fraction of sp³-hybridized carbons (Fsp3) is 0.348. The average molecular weight is 412 g/mol. The number of halogens is 1. The number of para-hydroxylation sites is 1. The SMILES string of the molecule is CCc1ccccc1N1C[C@H](C(=O)O[C@H](C)C(=O)NCc2ccc(F)cc2)CC1=O. The van der Waals surface area contributed by atoms with Crippen LogP contribution in [0, 0.1) is 11.7 Å². The molecule has 2 amide bonds. The summed E-state index contributed by atoms with van der Waals surface area (Å²) in [6.45, 7) is 3.93. The Kier molecular flexibility index (Phi) is 6.82. The number of rotatable bonds is 7. The monoisotopic (exact) mass is 412 g/mol. The lowest BCUT2D eigenvalue weighted by atomic mass is 10.1. The zero-order chi connectivity index (χ0) is 21.7. The van der Waals surface area contributed by atoms with Gasteiger partial charge in [0.1, 0.15) is 5.82 Å². The second kappa shape index (κ2) is 9.52. The van der Waals surface area contributed by atoms with Gasteiger partial charge in [-0.2, -0.15) is 0 Å². The molecule has 0 spiro atoms. The van der Waals surface area contributed by atoms with E-state index in [1.807, 2.05) is 31.2 Å². The minimum atomic E-state index is -0.995. The van der Waals surface area contributed by atoms with Crippen molar-refractivity contribution in [3.8, 4) is 0 Å². The molecule has 2 aromatic rings. The Bertz CT molecular complexity index is 929. The highest BCUT2D eigenvalue weighted by Gasteiger charge is 2.37. The summed E-state index contributed by atoms with van der Waals surface area (Å²) in [5, 5.41) is 2.66. The Hall–Kier alpha value is -3.22. The number of carbonyl (C=O) groups is 3. The predicted octanol–water partition coefficient (Wildman–Crippen LogP) is 2.99. The minimum absolute atomic E-state index is 0.0563. The molecule has 1 aliphatic rings. The average Bonchev–Trinajstić information content (AvgIpc) is 3.14. The molecular formula is C23H25FN2O4. The molecule has 6 nitrogen and oxygen atoms in total. The van der Waals surface area contributed by atoms with Gasteiger partial charge in [-0.25, -0.2) is 4.39 Å². The molecule has 1 aliphatic heterocycles. The second-order valence-electron chi connectivity index (χ2n) is 7.31. The van der Waals surface area contributed by atoms with Crippen molar-refractivity contribution in [1.29, 1.82) is 0 Å². The molecule has 2 atom stereocenters. The molecule has 1 saturated heterocycles. The van der Waals surface area contributed by atoms with Gasteiger partial charge in [0, 0.05) is 25.2 Å². The van der Waals surface area contributed by atoms with Crippen LogP contribution in [0.3, 0.4) is 0 Å². The molecule has 1 fully saturated rings. The maximum absolute atomic E-state index is 12.9. The zero-order valence-electron chi connectivity index (χ0n) is 17.1. The maximum Gasteiger partial charge on any atom is 0.312 e. The number of aryl methyl sites for hydroxylation is 1. The highest BCUT2D eigenvalue weighted by molar-refractivity contribution is 6.00. The lowest BCUT2D eigenvalue weighted by molar-refractivity contribution is -0.158. The van der Waals surface area contributed by atoms with E-state index in [2.05, 4.69) is 5.32 Å². The highest BCUT2D eigenvalue weighted by Crippen LogP contribution is 2.29. The molecule has 0 aromatic heterocycles. The predicted molar refractivity (Wildman–Crippen MR) is 110 cm³/mol. The summed E-state index contributed by atoms with van der Waals surface area (Å²) in [6.07, 6.45) is -0.161. The van der Waals surface area contributed by atoms with Crippen LogP contribution in [0.1, 0.15) is 31.4 Å². The number of hydrogen-bond acceptors (Lipinski definition) is 4. The molecule has 0 aliphatic carbocycles. The van der Waals surface area contributed by atoms with E-state index in [0.717, 1.165) is 23.2 Å². The molecule has 1 heterocycles. The molecule has 7 heteroatoms. The molecule has 0 saturated carbocycles. The van der Waals surface area contributed by atoms with E-state index in [1.165, 1.54) is 19.1 Å². The van der Waals surface area contributed by atoms with E-state index >= 15 is 0 Å². The van der Waals surface area contributed by atoms with Crippen molar-refractivity contribution in [3.63, 3.8) is 0 Å². The van der Waals surface area contributed by atoms with Gasteiger partial charge in [-0.05, 0) is 42.7 Å². The van der Waals surface area contributed by atoms with Crippen LogP contribution in [-0.4, -0.2) is 30.4 Å². The Labute approximate surface area is 175 Å². The Balaban J connectivity index is 1.54. The van der Waals surface area contributed by atoms with Gasteiger partial charge in [-0.1, -0.05) is 37.3 Å². The smallest absolute Gasteiger partial charge is 0.312 e. The van der Waals surface area contributed by atoms with Crippen molar-refractivity contribution in [2.75, 3.05) is 11.4 Å². The molecule has 0 unspecified atom stereocenters. The van der Waals surface area contributed by atoms with E-state index in [-0.39, 0.29) is 31.2 Å². The fourth-order valence-corrected chi connectivity index (χ4v) is 3.43. The van der Waals surface area contributed by atoms with E-state index in [1.54, 1.807) is 17.0 Å². The Morgan fingerprint density at radius 3 is 2.60 bits per heavy atom. The van der Waals surface area contributed by atoms with Crippen LogP contribution in [0.25, 0.3) is 0 Å². The van der Waals surface area contributed by atoms with Crippen LogP contribution in [0.4, 0.5) is 10.1 Å². The number of anilines is 1. The lowest BCUT2D eigenvalue weighted by Crippen LogP contribution is -2.37. The largest absolute Gasteiger partial charge is 0.452 e. The number of ether oxygens (including phenoxy) is 1. The molecule has 3 rings (SSSR count). The van der Waals surface area contributed by atoms with Crippen LogP contribution < -0.4 is 10.2 Å². The summed E-state index contributed by atoms with van der Waals surface area (Å²) in [5.41, 5.74) is 2.58. The van der Waals surface area contributed by atoms with E-state index in [9.17, 15) is 18.8 Å². The standard InChI is InChI=1S/C23H25FN2O4/c1-3-17-6-4-5-7-20(17)26-14-18(12-21(26)27)23(29)30-15(2)22(28)25-13-16-8-10-19(24)11-9-16/h4-11,15,18H,3,12-14H2,1-2H3,(H,25,28)/t15-,18-/m1/s1. The van der Waals surface area contributed by atoms with Gasteiger partial charge in [0.25, 0.3) is 5.91 Å². The van der Waals surface area contributed by atoms with Crippen LogP contribution in [0.5, 0.6) is 0 Å². The molecule has 1 N–H and O–H groups in total. The van der Waals surface area contributed by atoms with Gasteiger partial charge >= 0.3 is 5.97 Å². The van der Waals surface area contributed by atoms with Gasteiger partial charge < -0.3 is 15.0 Å². The lowest BCUT2D eigenvalue weighted by Gasteiger charge is -2.20. The summed E-state index contributed by atoms with van der Waals surface area (Å²) in [5.74, 6) is -2.12. The zero-order valence-corrected chi connectivity index (χ0v) is 17.1. The Morgan fingerprint density at radius 1 is 1.20 bits per heavy atom. The first kappa shape index (κ1) is 21.5. The third-order valence-electron chi connectivity index (χ3n) is 5.16. The number of benzene rings is 2. The number of carbonyl (C=O) groups excluding carboxylic acids is 3. The highest BCUT2D eigenvalue weighted by atomic mass is 19.1. The normalized spacial score (nSPS) is 17.0. The fourth-order valence-electron chi connectivity index (χ4n) is 3.43. The molecule has 30 heavy (non-hydrogen) atoms. The van der Waals surface area contributed by atoms with Crippen molar-refractivity contribution in [1.82, 2.24) is 5.32 Å². The van der Waals surface area contributed by atoms with Crippen molar-refractivity contribution in [3.05, 3.63) is 65.5 Å². The van der Waals surface area contributed by atoms with Crippen molar-refractivity contribution >= 4 is 23.5 Å². The van der Waals surface area contributed by atoms with Crippen LogP contribution in [0.2, 0.25) is 0 Å². The summed E-state index contributed by atoms with van der Waals surface area (Å²) in [6, 6.07) is 13.4. The second-order valence-corrected chi connectivity index (χ2v) is 7.31. The first-order valence-corrected chi connectivity index (χ1v) is 10.00. The van der Waals surface area contributed by atoms with Gasteiger partial charge in [-0.15, -0.1) is 0 Å². The molecule has 2 aromatic carbocycles. The minimum Gasteiger partial charge on any atom is -0.452 e. The molecule has 158 valence electrons. The first-order chi connectivity index (χ1) is 14.4. The summed E-state index contributed by atoms with van der Waals surface area (Å²) in [4.78, 5) is 38.8. The van der Waals surface area contributed by atoms with E-state index < -0.39 is 23.9 Å². The third-order valence-corrected chi connectivity index (χ3v) is 5.16. The van der Waals surface area contributed by atoms with E-state index in [0.29, 0.717) is 0 Å². The number of nitrogens with one attached hydrogen (secondary N) is 1. The van der Waals surface area contributed by atoms with Gasteiger partial charge in [0.2, 0.25) is 5.91 Å². The van der Waals surface area contributed by atoms with Gasteiger partial charge in [0.05, 0.1) is 5.92 Å². The third kappa shape index (κ3) is 5.03. The number of hydrogen-bond donors (Lipinski definition) is 1. The van der Waals surface area contributed by atoms with Crippen molar-refractivity contribution < 1.29 is 23.5 Å². The maximum atomic E-state index is 12.9. The Morgan fingerprint density at radius 2 is 1.90 bits per heavy atom. The quantitative estimate of drug-likeness (QED) is 0.710. The molecular weight excluding hydrogens is 387 g/mol. The number of nitrogens with zero attached hydrogens (tertiary/aromatic N) is 1. The van der Waals surface area contributed by atoms with Crippen LogP contribution in [-0.2, 0) is 32.1 Å². The van der Waals surface area contributed by atoms with Crippen molar-refractivity contribution in [2.24, 2.45) is 5.92 Å². The van der Waals surface area contributed by atoms with Crippen molar-refractivity contribution in [2.45, 2.75) is 39.3 Å². The summed E-state index contributed by atoms with van der Waals surface area (Å²) in [7, 11) is 0. The number of amides is 2. The molecule has 0 bridgehead atoms. The molecule has 0 radical (unpaired) electrons. The van der Waals surface area contributed by atoms with E-state index in [4.69, 9.17) is 4.74 Å². The van der Waals surface area contributed by atoms with Crippen LogP contribution >= 0.6 is 0 Å². The first-order valence-electron chi connectivity index (χ1n) is 10.00. The summed E-state index contributed by atoms with van der Waals surface area (Å²) >= 11 is 0. The van der Waals surface area contributed by atoms with Gasteiger partial charge in [-0.3, -0.25) is 14.4 Å². The summed E-state index contributed by atoms with van der Waals surface area (Å²) < 4.78 is 18.2. The van der Waals surface area contributed by atoms with Crippen LogP contribution in [0.15, 0.2) is 48.5 Å². The topological polar surface area (TPSA) is 75.7 Å². The number of esters is 1.